The van der Waals surface area contributed by atoms with E-state index in [9.17, 15) is 8.78 Å². The van der Waals surface area contributed by atoms with Crippen molar-refractivity contribution in [1.82, 2.24) is 20.1 Å². The largest absolute Gasteiger partial charge is 0.316 e. The number of nitrogens with one attached hydrogen (secondary N) is 1. The number of rotatable bonds is 4. The maximum atomic E-state index is 13.9. The van der Waals surface area contributed by atoms with Gasteiger partial charge in [0.2, 0.25) is 0 Å². The minimum Gasteiger partial charge on any atom is -0.316 e. The second-order valence-corrected chi connectivity index (χ2v) is 5.09. The Hall–Kier alpha value is -1.47. The van der Waals surface area contributed by atoms with Gasteiger partial charge in [-0.05, 0) is 43.4 Å². The van der Waals surface area contributed by atoms with E-state index in [0.29, 0.717) is 23.1 Å². The molecule has 1 heterocycles. The fraction of sp³-hybridized carbons (Fsp3) is 0.333. The van der Waals surface area contributed by atoms with Gasteiger partial charge >= 0.3 is 0 Å². The lowest BCUT2D eigenvalue weighted by molar-refractivity contribution is 0.535. The van der Waals surface area contributed by atoms with Gasteiger partial charge in [0, 0.05) is 13.6 Å². The summed E-state index contributed by atoms with van der Waals surface area (Å²) in [6.45, 7) is 2.20. The molecule has 0 saturated heterocycles. The third-order valence-electron chi connectivity index (χ3n) is 2.68. The number of aryl methyl sites for hydroxylation is 1. The molecule has 102 valence electrons. The van der Waals surface area contributed by atoms with Crippen LogP contribution >= 0.6 is 11.8 Å². The molecule has 19 heavy (non-hydrogen) atoms. The molecule has 0 amide bonds. The summed E-state index contributed by atoms with van der Waals surface area (Å²) in [6, 6.07) is 2.65. The van der Waals surface area contributed by atoms with E-state index in [1.807, 2.05) is 0 Å². The van der Waals surface area contributed by atoms with Gasteiger partial charge in [-0.1, -0.05) is 0 Å². The van der Waals surface area contributed by atoms with Crippen molar-refractivity contribution in [3.8, 4) is 0 Å². The number of hydrogen-bond acceptors (Lipinski definition) is 4. The van der Waals surface area contributed by atoms with Crippen LogP contribution in [0, 0.1) is 18.6 Å². The Balaban J connectivity index is 2.33. The molecule has 0 bridgehead atoms. The molecule has 0 fully saturated rings. The fourth-order valence-electron chi connectivity index (χ4n) is 1.58. The zero-order valence-corrected chi connectivity index (χ0v) is 11.7. The van der Waals surface area contributed by atoms with Crippen molar-refractivity contribution < 1.29 is 8.78 Å². The van der Waals surface area contributed by atoms with E-state index in [1.165, 1.54) is 12.1 Å². The van der Waals surface area contributed by atoms with Crippen molar-refractivity contribution in [3.63, 3.8) is 0 Å². The number of halogens is 2. The van der Waals surface area contributed by atoms with Crippen LogP contribution in [0.3, 0.4) is 0 Å². The van der Waals surface area contributed by atoms with Crippen LogP contribution in [0.25, 0.3) is 0 Å². The lowest BCUT2D eigenvalue weighted by atomic mass is 10.2. The summed E-state index contributed by atoms with van der Waals surface area (Å²) in [5.74, 6) is -0.484. The van der Waals surface area contributed by atoms with E-state index >= 15 is 0 Å². The summed E-state index contributed by atoms with van der Waals surface area (Å²) in [6.07, 6.45) is 0. The van der Waals surface area contributed by atoms with Crippen LogP contribution in [0.15, 0.2) is 22.2 Å². The monoisotopic (exact) mass is 284 g/mol. The summed E-state index contributed by atoms with van der Waals surface area (Å²) in [7, 11) is 3.48. The summed E-state index contributed by atoms with van der Waals surface area (Å²) < 4.78 is 29.5. The van der Waals surface area contributed by atoms with E-state index in [-0.39, 0.29) is 4.90 Å². The first-order valence-corrected chi connectivity index (χ1v) is 6.51. The van der Waals surface area contributed by atoms with Crippen molar-refractivity contribution in [2.45, 2.75) is 23.5 Å². The molecule has 2 aromatic rings. The first kappa shape index (κ1) is 14.0. The van der Waals surface area contributed by atoms with Crippen molar-refractivity contribution in [2.24, 2.45) is 7.05 Å². The highest BCUT2D eigenvalue weighted by atomic mass is 32.2. The third kappa shape index (κ3) is 2.93. The zero-order chi connectivity index (χ0) is 14.0. The summed E-state index contributed by atoms with van der Waals surface area (Å²) >= 11 is 0.934. The Morgan fingerprint density at radius 2 is 1.89 bits per heavy atom. The Labute approximate surface area is 114 Å². The summed E-state index contributed by atoms with van der Waals surface area (Å²) in [4.78, 5) is -0.0599. The number of nitrogens with zero attached hydrogens (tertiary/aromatic N) is 3. The van der Waals surface area contributed by atoms with Crippen LogP contribution in [-0.4, -0.2) is 21.8 Å². The summed E-state index contributed by atoms with van der Waals surface area (Å²) in [5.41, 5.74) is 0.566. The smallest absolute Gasteiger partial charge is 0.195 e. The SMILES string of the molecule is CNCc1cc(F)c(Sc2nnc(C)n2C)c(F)c1. The minimum absolute atomic E-state index is 0.0599. The van der Waals surface area contributed by atoms with Gasteiger partial charge in [0.05, 0.1) is 4.90 Å². The molecule has 1 N–H and O–H groups in total. The molecule has 4 nitrogen and oxygen atoms in total. The highest BCUT2D eigenvalue weighted by molar-refractivity contribution is 7.99. The first-order chi connectivity index (χ1) is 9.02. The standard InChI is InChI=1S/C12H14F2N4S/c1-7-16-17-12(18(7)3)19-11-9(13)4-8(6-15-2)5-10(11)14/h4-5,15H,6H2,1-3H3. The van der Waals surface area contributed by atoms with Gasteiger partial charge < -0.3 is 9.88 Å². The molecular weight excluding hydrogens is 270 g/mol. The second kappa shape index (κ2) is 5.66. The van der Waals surface area contributed by atoms with E-state index in [1.54, 1.807) is 25.6 Å². The molecule has 1 aromatic carbocycles. The molecule has 2 rings (SSSR count). The van der Waals surface area contributed by atoms with Gasteiger partial charge in [-0.3, -0.25) is 0 Å². The highest BCUT2D eigenvalue weighted by Crippen LogP contribution is 2.31. The van der Waals surface area contributed by atoms with Gasteiger partial charge in [-0.25, -0.2) is 8.78 Å². The Morgan fingerprint density at radius 3 is 2.37 bits per heavy atom. The Morgan fingerprint density at radius 1 is 1.26 bits per heavy atom. The third-order valence-corrected chi connectivity index (χ3v) is 3.82. The fourth-order valence-corrected chi connectivity index (χ4v) is 2.43. The summed E-state index contributed by atoms with van der Waals surface area (Å²) in [5, 5.41) is 11.0. The lowest BCUT2D eigenvalue weighted by Gasteiger charge is -2.07. The van der Waals surface area contributed by atoms with Crippen LogP contribution in [-0.2, 0) is 13.6 Å². The van der Waals surface area contributed by atoms with Crippen molar-refractivity contribution in [1.29, 1.82) is 0 Å². The maximum Gasteiger partial charge on any atom is 0.195 e. The molecule has 0 aliphatic carbocycles. The van der Waals surface area contributed by atoms with E-state index in [0.717, 1.165) is 11.8 Å². The van der Waals surface area contributed by atoms with E-state index in [2.05, 4.69) is 15.5 Å². The molecule has 7 heteroatoms. The predicted molar refractivity (Wildman–Crippen MR) is 69.0 cm³/mol. The molecule has 1 aromatic heterocycles. The molecule has 0 aliphatic rings. The average Bonchev–Trinajstić information content (AvgIpc) is 2.66. The topological polar surface area (TPSA) is 42.7 Å². The van der Waals surface area contributed by atoms with Crippen molar-refractivity contribution in [2.75, 3.05) is 7.05 Å². The molecule has 0 saturated carbocycles. The van der Waals surface area contributed by atoms with Crippen LogP contribution in [0.2, 0.25) is 0 Å². The molecule has 0 atom stereocenters. The maximum absolute atomic E-state index is 13.9. The Kier molecular flexibility index (Phi) is 4.16. The minimum atomic E-state index is -0.587. The first-order valence-electron chi connectivity index (χ1n) is 5.69. The highest BCUT2D eigenvalue weighted by Gasteiger charge is 2.16. The van der Waals surface area contributed by atoms with Crippen LogP contribution in [0.5, 0.6) is 0 Å². The Bertz CT molecular complexity index is 574. The van der Waals surface area contributed by atoms with Gasteiger partial charge in [0.1, 0.15) is 17.5 Å². The van der Waals surface area contributed by atoms with Crippen molar-refractivity contribution >= 4 is 11.8 Å². The van der Waals surface area contributed by atoms with Gasteiger partial charge in [-0.15, -0.1) is 10.2 Å². The van der Waals surface area contributed by atoms with Crippen LogP contribution in [0.1, 0.15) is 11.4 Å². The number of aromatic nitrogens is 3. The zero-order valence-electron chi connectivity index (χ0n) is 10.9. The van der Waals surface area contributed by atoms with E-state index in [4.69, 9.17) is 0 Å². The molecule has 0 spiro atoms. The van der Waals surface area contributed by atoms with Gasteiger partial charge in [0.15, 0.2) is 5.16 Å². The number of benzene rings is 1. The average molecular weight is 284 g/mol. The molecule has 0 radical (unpaired) electrons. The second-order valence-electron chi connectivity index (χ2n) is 4.11. The molecule has 0 unspecified atom stereocenters. The van der Waals surface area contributed by atoms with Crippen LogP contribution in [0.4, 0.5) is 8.78 Å². The predicted octanol–water partition coefficient (Wildman–Crippen LogP) is 2.27. The quantitative estimate of drug-likeness (QED) is 0.935. The normalized spacial score (nSPS) is 11.0. The number of hydrogen-bond donors (Lipinski definition) is 1. The molecular formula is C12H14F2N4S. The van der Waals surface area contributed by atoms with E-state index < -0.39 is 11.6 Å². The van der Waals surface area contributed by atoms with Gasteiger partial charge in [-0.2, -0.15) is 0 Å². The van der Waals surface area contributed by atoms with Crippen LogP contribution < -0.4 is 5.32 Å². The van der Waals surface area contributed by atoms with Crippen molar-refractivity contribution in [3.05, 3.63) is 35.2 Å². The molecule has 0 aliphatic heterocycles. The van der Waals surface area contributed by atoms with Gasteiger partial charge in [0.25, 0.3) is 0 Å². The lowest BCUT2D eigenvalue weighted by Crippen LogP contribution is -2.06.